The van der Waals surface area contributed by atoms with Crippen LogP contribution in [0.2, 0.25) is 0 Å². The number of hydrogen-bond donors (Lipinski definition) is 2. The van der Waals surface area contributed by atoms with Crippen molar-refractivity contribution >= 4 is 22.6 Å². The average Bonchev–Trinajstić information content (AvgIpc) is 2.64. The molecule has 2 N–H and O–H groups in total. The second kappa shape index (κ2) is 8.84. The van der Waals surface area contributed by atoms with Crippen molar-refractivity contribution < 1.29 is 14.1 Å². The van der Waals surface area contributed by atoms with Crippen LogP contribution >= 0.6 is 0 Å². The third-order valence-electron chi connectivity index (χ3n) is 5.67. The summed E-state index contributed by atoms with van der Waals surface area (Å²) in [6, 6.07) is 11.5. The van der Waals surface area contributed by atoms with Gasteiger partial charge in [-0.1, -0.05) is 26.0 Å². The van der Waals surface area contributed by atoms with Crippen molar-refractivity contribution in [1.82, 2.24) is 0 Å². The number of benzene rings is 2. The molecule has 158 valence electrons. The van der Waals surface area contributed by atoms with E-state index in [1.165, 1.54) is 5.56 Å². The van der Waals surface area contributed by atoms with Crippen LogP contribution in [-0.4, -0.2) is 19.5 Å². The van der Waals surface area contributed by atoms with Gasteiger partial charge in [-0.05, 0) is 67.1 Å². The first-order chi connectivity index (χ1) is 14.2. The average molecular weight is 408 g/mol. The van der Waals surface area contributed by atoms with Crippen LogP contribution in [0, 0.1) is 20.8 Å². The van der Waals surface area contributed by atoms with E-state index in [0.717, 1.165) is 38.2 Å². The summed E-state index contributed by atoms with van der Waals surface area (Å²) in [5.74, 6) is 0.329. The molecular weight excluding hydrogens is 376 g/mol. The lowest BCUT2D eigenvalue weighted by Gasteiger charge is -2.17. The van der Waals surface area contributed by atoms with E-state index in [2.05, 4.69) is 25.2 Å². The number of rotatable bonds is 6. The van der Waals surface area contributed by atoms with Crippen molar-refractivity contribution in [2.75, 3.05) is 18.9 Å². The van der Waals surface area contributed by atoms with Crippen molar-refractivity contribution in [2.45, 2.75) is 47.1 Å². The number of nitrogens with one attached hydrogen (secondary N) is 2. The van der Waals surface area contributed by atoms with Crippen LogP contribution in [0.1, 0.15) is 47.6 Å². The molecule has 0 aliphatic carbocycles. The molecule has 0 saturated carbocycles. The van der Waals surface area contributed by atoms with Crippen molar-refractivity contribution in [1.29, 1.82) is 0 Å². The number of hydrogen-bond acceptors (Lipinski definition) is 3. The zero-order valence-corrected chi connectivity index (χ0v) is 18.7. The van der Waals surface area contributed by atoms with Crippen molar-refractivity contribution in [3.8, 4) is 0 Å². The summed E-state index contributed by atoms with van der Waals surface area (Å²) in [6.07, 6.45) is 0. The lowest BCUT2D eigenvalue weighted by molar-refractivity contribution is -0.885. The Morgan fingerprint density at radius 2 is 1.83 bits per heavy atom. The first-order valence-corrected chi connectivity index (χ1v) is 10.4. The molecule has 0 aliphatic rings. The highest BCUT2D eigenvalue weighted by atomic mass is 16.4. The molecular formula is C25H31N2O3+. The predicted octanol–water partition coefficient (Wildman–Crippen LogP) is 3.50. The highest BCUT2D eigenvalue weighted by Gasteiger charge is 2.16. The van der Waals surface area contributed by atoms with Gasteiger partial charge in [-0.15, -0.1) is 0 Å². The summed E-state index contributed by atoms with van der Waals surface area (Å²) < 4.78 is 5.44. The van der Waals surface area contributed by atoms with Gasteiger partial charge in [-0.25, -0.2) is 4.79 Å². The van der Waals surface area contributed by atoms with Crippen LogP contribution < -0.4 is 15.8 Å². The molecule has 0 spiro atoms. The Hall–Kier alpha value is -2.92. The molecule has 5 heteroatoms. The molecule has 1 aromatic heterocycles. The van der Waals surface area contributed by atoms with Gasteiger partial charge in [0.15, 0.2) is 6.54 Å². The van der Waals surface area contributed by atoms with Crippen LogP contribution in [0.3, 0.4) is 0 Å². The van der Waals surface area contributed by atoms with Gasteiger partial charge in [0, 0.05) is 22.7 Å². The van der Waals surface area contributed by atoms with E-state index >= 15 is 0 Å². The summed E-state index contributed by atoms with van der Waals surface area (Å²) in [6.45, 7) is 11.2. The molecule has 3 aromatic rings. The lowest BCUT2D eigenvalue weighted by atomic mass is 9.95. The zero-order valence-electron chi connectivity index (χ0n) is 18.7. The minimum Gasteiger partial charge on any atom is -0.423 e. The predicted molar refractivity (Wildman–Crippen MR) is 121 cm³/mol. The molecule has 0 fully saturated rings. The van der Waals surface area contributed by atoms with Gasteiger partial charge >= 0.3 is 5.63 Å². The van der Waals surface area contributed by atoms with Crippen LogP contribution in [0.4, 0.5) is 5.69 Å². The molecule has 1 amide bonds. The number of carbonyl (C=O) groups is 1. The number of quaternary nitrogens is 1. The summed E-state index contributed by atoms with van der Waals surface area (Å²) in [7, 11) is 1.96. The van der Waals surface area contributed by atoms with E-state index in [-0.39, 0.29) is 11.5 Å². The first kappa shape index (κ1) is 21.8. The molecule has 0 radical (unpaired) electrons. The van der Waals surface area contributed by atoms with Crippen molar-refractivity contribution in [2.24, 2.45) is 0 Å². The fourth-order valence-corrected chi connectivity index (χ4v) is 3.90. The number of likely N-dealkylation sites (N-methyl/N-ethyl adjacent to an activating group) is 1. The quantitative estimate of drug-likeness (QED) is 0.615. The molecule has 0 saturated heterocycles. The second-order valence-electron chi connectivity index (χ2n) is 8.56. The number of aryl methyl sites for hydroxylation is 2. The third-order valence-corrected chi connectivity index (χ3v) is 5.67. The van der Waals surface area contributed by atoms with E-state index in [9.17, 15) is 9.59 Å². The number of amides is 1. The first-order valence-electron chi connectivity index (χ1n) is 10.4. The van der Waals surface area contributed by atoms with E-state index in [0.29, 0.717) is 24.6 Å². The maximum Gasteiger partial charge on any atom is 0.336 e. The Balaban J connectivity index is 1.81. The van der Waals surface area contributed by atoms with E-state index < -0.39 is 0 Å². The Labute approximate surface area is 177 Å². The highest BCUT2D eigenvalue weighted by Crippen LogP contribution is 2.26. The summed E-state index contributed by atoms with van der Waals surface area (Å²) >= 11 is 0. The zero-order chi connectivity index (χ0) is 22.0. The molecule has 1 atom stereocenters. The Morgan fingerprint density at radius 3 is 2.53 bits per heavy atom. The van der Waals surface area contributed by atoms with Crippen LogP contribution in [0.25, 0.3) is 11.0 Å². The summed E-state index contributed by atoms with van der Waals surface area (Å²) in [4.78, 5) is 25.7. The molecule has 5 nitrogen and oxygen atoms in total. The van der Waals surface area contributed by atoms with Crippen LogP contribution in [-0.2, 0) is 11.3 Å². The molecule has 1 unspecified atom stereocenters. The lowest BCUT2D eigenvalue weighted by Crippen LogP contribution is -3.08. The van der Waals surface area contributed by atoms with E-state index in [1.54, 1.807) is 6.07 Å². The maximum absolute atomic E-state index is 12.6. The van der Waals surface area contributed by atoms with Gasteiger partial charge in [-0.3, -0.25) is 4.79 Å². The topological polar surface area (TPSA) is 63.8 Å². The molecule has 3 rings (SSSR count). The van der Waals surface area contributed by atoms with E-state index in [4.69, 9.17) is 4.42 Å². The number of carbonyl (C=O) groups excluding carboxylic acids is 1. The fourth-order valence-electron chi connectivity index (χ4n) is 3.90. The van der Waals surface area contributed by atoms with Crippen molar-refractivity contribution in [3.63, 3.8) is 0 Å². The highest BCUT2D eigenvalue weighted by molar-refractivity contribution is 5.92. The molecule has 0 bridgehead atoms. The van der Waals surface area contributed by atoms with Gasteiger partial charge in [-0.2, -0.15) is 0 Å². The monoisotopic (exact) mass is 407 g/mol. The van der Waals surface area contributed by atoms with Gasteiger partial charge in [0.05, 0.1) is 7.05 Å². The second-order valence-corrected chi connectivity index (χ2v) is 8.56. The standard InChI is InChI=1S/C25H30N2O3/c1-15(2)20-12-21-19(11-25(29)30-23(21)10-17(20)4)13-27(6)14-24(28)26-22-9-7-8-16(3)18(22)5/h7-12,15H,13-14H2,1-6H3,(H,26,28)/p+1. The fraction of sp³-hybridized carbons (Fsp3) is 0.360. The smallest absolute Gasteiger partial charge is 0.336 e. The van der Waals surface area contributed by atoms with Gasteiger partial charge in [0.2, 0.25) is 0 Å². The molecule has 1 heterocycles. The third kappa shape index (κ3) is 4.79. The van der Waals surface area contributed by atoms with Crippen LogP contribution in [0.5, 0.6) is 0 Å². The van der Waals surface area contributed by atoms with Crippen molar-refractivity contribution in [3.05, 3.63) is 74.6 Å². The largest absolute Gasteiger partial charge is 0.423 e. The Kier molecular flexibility index (Phi) is 6.42. The number of anilines is 1. The molecule has 0 aliphatic heterocycles. The SMILES string of the molecule is Cc1cc2oc(=O)cc(C[NH+](C)CC(=O)Nc3cccc(C)c3C)c2cc1C(C)C. The minimum absolute atomic E-state index is 0.0489. The van der Waals surface area contributed by atoms with Crippen LogP contribution in [0.15, 0.2) is 45.6 Å². The number of fused-ring (bicyclic) bond motifs is 1. The summed E-state index contributed by atoms with van der Waals surface area (Å²) in [5.41, 5.74) is 6.57. The summed E-state index contributed by atoms with van der Waals surface area (Å²) in [5, 5.41) is 3.95. The van der Waals surface area contributed by atoms with Gasteiger partial charge in [0.25, 0.3) is 5.91 Å². The van der Waals surface area contributed by atoms with E-state index in [1.807, 2.05) is 52.1 Å². The molecule has 2 aromatic carbocycles. The minimum atomic E-state index is -0.359. The Morgan fingerprint density at radius 1 is 1.10 bits per heavy atom. The molecule has 30 heavy (non-hydrogen) atoms. The van der Waals surface area contributed by atoms with Gasteiger partial charge < -0.3 is 14.6 Å². The Bertz CT molecular complexity index is 1150. The normalized spacial score (nSPS) is 12.4. The van der Waals surface area contributed by atoms with Gasteiger partial charge in [0.1, 0.15) is 12.1 Å². The maximum atomic E-state index is 12.6.